The molecular formula is C11H14N2O3. The molecule has 86 valence electrons. The fraction of sp³-hybridized carbons (Fsp3) is 0.273. The maximum absolute atomic E-state index is 11.8. The molecule has 0 aliphatic rings. The Balaban J connectivity index is 2.80. The summed E-state index contributed by atoms with van der Waals surface area (Å²) in [6, 6.07) is 5.73. The molecule has 1 atom stereocenters. The first-order chi connectivity index (χ1) is 7.56. The normalized spacial score (nSPS) is 12.1. The van der Waals surface area contributed by atoms with Crippen molar-refractivity contribution in [3.05, 3.63) is 29.8 Å². The van der Waals surface area contributed by atoms with Crippen LogP contribution in [-0.2, 0) is 4.79 Å². The van der Waals surface area contributed by atoms with Crippen LogP contribution < -0.4 is 11.1 Å². The van der Waals surface area contributed by atoms with Crippen molar-refractivity contribution in [1.82, 2.24) is 5.32 Å². The Morgan fingerprint density at radius 2 is 2.06 bits per heavy atom. The quantitative estimate of drug-likeness (QED) is 0.498. The van der Waals surface area contributed by atoms with Crippen molar-refractivity contribution in [3.8, 4) is 0 Å². The largest absolute Gasteiger partial charge is 0.480 e. The van der Waals surface area contributed by atoms with Crippen LogP contribution in [0, 0.1) is 0 Å². The standard InChI is InChI=1S/C11H14N2O3/c1-13-9(11(15)16)6-10(14)7-4-2-3-5-8(7)12/h2-5,9,13H,6,12H2,1H3,(H,15,16)/t9-/m0/s1. The van der Waals surface area contributed by atoms with Crippen LogP contribution in [0.25, 0.3) is 0 Å². The van der Waals surface area contributed by atoms with Gasteiger partial charge in [0.15, 0.2) is 5.78 Å². The van der Waals surface area contributed by atoms with Crippen LogP contribution in [0.1, 0.15) is 16.8 Å². The SMILES string of the molecule is CN[C@@H](CC(=O)c1ccccc1N)C(=O)O. The lowest BCUT2D eigenvalue weighted by atomic mass is 10.0. The van der Waals surface area contributed by atoms with E-state index < -0.39 is 12.0 Å². The number of likely N-dealkylation sites (N-methyl/N-ethyl adjacent to an activating group) is 1. The first kappa shape index (κ1) is 12.2. The highest BCUT2D eigenvalue weighted by molar-refractivity contribution is 6.02. The number of carbonyl (C=O) groups excluding carboxylic acids is 1. The van der Waals surface area contributed by atoms with Crippen molar-refractivity contribution >= 4 is 17.4 Å². The fourth-order valence-corrected chi connectivity index (χ4v) is 1.36. The topological polar surface area (TPSA) is 92.4 Å². The number of hydrogen-bond acceptors (Lipinski definition) is 4. The van der Waals surface area contributed by atoms with E-state index in [1.807, 2.05) is 0 Å². The van der Waals surface area contributed by atoms with Gasteiger partial charge in [-0.1, -0.05) is 12.1 Å². The number of ketones is 1. The molecule has 16 heavy (non-hydrogen) atoms. The number of rotatable bonds is 5. The lowest BCUT2D eigenvalue weighted by Crippen LogP contribution is -2.36. The van der Waals surface area contributed by atoms with Crippen molar-refractivity contribution in [2.45, 2.75) is 12.5 Å². The van der Waals surface area contributed by atoms with Gasteiger partial charge >= 0.3 is 5.97 Å². The van der Waals surface area contributed by atoms with E-state index in [-0.39, 0.29) is 12.2 Å². The number of carboxylic acid groups (broad SMARTS) is 1. The van der Waals surface area contributed by atoms with Crippen molar-refractivity contribution in [1.29, 1.82) is 0 Å². The molecule has 0 aliphatic carbocycles. The number of hydrogen-bond donors (Lipinski definition) is 3. The Morgan fingerprint density at radius 1 is 1.44 bits per heavy atom. The van der Waals surface area contributed by atoms with Crippen LogP contribution in [-0.4, -0.2) is 29.9 Å². The molecule has 0 heterocycles. The number of nitrogens with one attached hydrogen (secondary N) is 1. The lowest BCUT2D eigenvalue weighted by Gasteiger charge is -2.10. The number of carbonyl (C=O) groups is 2. The minimum absolute atomic E-state index is 0.111. The van der Waals surface area contributed by atoms with Crippen LogP contribution in [0.3, 0.4) is 0 Å². The van der Waals surface area contributed by atoms with Gasteiger partial charge in [0.1, 0.15) is 6.04 Å². The minimum Gasteiger partial charge on any atom is -0.480 e. The van der Waals surface area contributed by atoms with Crippen LogP contribution >= 0.6 is 0 Å². The summed E-state index contributed by atoms with van der Waals surface area (Å²) < 4.78 is 0. The molecule has 0 aromatic heterocycles. The van der Waals surface area contributed by atoms with Gasteiger partial charge in [-0.25, -0.2) is 0 Å². The summed E-state index contributed by atoms with van der Waals surface area (Å²) >= 11 is 0. The van der Waals surface area contributed by atoms with Gasteiger partial charge in [0.05, 0.1) is 0 Å². The average molecular weight is 222 g/mol. The molecule has 0 bridgehead atoms. The number of aliphatic carboxylic acids is 1. The first-order valence-corrected chi connectivity index (χ1v) is 4.84. The van der Waals surface area contributed by atoms with Crippen LogP contribution in [0.2, 0.25) is 0 Å². The van der Waals surface area contributed by atoms with E-state index in [2.05, 4.69) is 5.32 Å². The highest BCUT2D eigenvalue weighted by atomic mass is 16.4. The van der Waals surface area contributed by atoms with Gasteiger partial charge in [0.25, 0.3) is 0 Å². The van der Waals surface area contributed by atoms with Gasteiger partial charge < -0.3 is 16.2 Å². The van der Waals surface area contributed by atoms with Gasteiger partial charge in [0.2, 0.25) is 0 Å². The Bertz CT molecular complexity index is 404. The van der Waals surface area contributed by atoms with Crippen molar-refractivity contribution in [2.75, 3.05) is 12.8 Å². The third-order valence-electron chi connectivity index (χ3n) is 2.30. The van der Waals surface area contributed by atoms with E-state index >= 15 is 0 Å². The summed E-state index contributed by atoms with van der Waals surface area (Å²) in [5.74, 6) is -1.33. The first-order valence-electron chi connectivity index (χ1n) is 4.84. The number of para-hydroxylation sites is 1. The maximum Gasteiger partial charge on any atom is 0.321 e. The van der Waals surface area contributed by atoms with E-state index in [1.54, 1.807) is 24.3 Å². The molecular weight excluding hydrogens is 208 g/mol. The van der Waals surface area contributed by atoms with Crippen LogP contribution in [0.15, 0.2) is 24.3 Å². The summed E-state index contributed by atoms with van der Waals surface area (Å²) in [5.41, 5.74) is 6.36. The second kappa shape index (κ2) is 5.27. The zero-order chi connectivity index (χ0) is 12.1. The number of anilines is 1. The third kappa shape index (κ3) is 2.80. The lowest BCUT2D eigenvalue weighted by molar-refractivity contribution is -0.139. The third-order valence-corrected chi connectivity index (χ3v) is 2.30. The molecule has 0 amide bonds. The molecule has 1 aromatic carbocycles. The maximum atomic E-state index is 11.8. The molecule has 5 heteroatoms. The highest BCUT2D eigenvalue weighted by Crippen LogP contribution is 2.13. The van der Waals surface area contributed by atoms with Crippen molar-refractivity contribution < 1.29 is 14.7 Å². The monoisotopic (exact) mass is 222 g/mol. The molecule has 0 saturated carbocycles. The molecule has 1 rings (SSSR count). The second-order valence-electron chi connectivity index (χ2n) is 3.39. The zero-order valence-corrected chi connectivity index (χ0v) is 8.93. The van der Waals surface area contributed by atoms with Gasteiger partial charge in [-0.05, 0) is 19.2 Å². The van der Waals surface area contributed by atoms with E-state index in [0.717, 1.165) is 0 Å². The van der Waals surface area contributed by atoms with E-state index in [4.69, 9.17) is 10.8 Å². The number of nitrogens with two attached hydrogens (primary N) is 1. The fourth-order valence-electron chi connectivity index (χ4n) is 1.36. The summed E-state index contributed by atoms with van der Waals surface area (Å²) in [6.45, 7) is 0. The molecule has 0 aliphatic heterocycles. The van der Waals surface area contributed by atoms with Crippen LogP contribution in [0.4, 0.5) is 5.69 Å². The predicted molar refractivity (Wildman–Crippen MR) is 60.3 cm³/mol. The Morgan fingerprint density at radius 3 is 2.56 bits per heavy atom. The number of nitrogen functional groups attached to an aromatic ring is 1. The van der Waals surface area contributed by atoms with Gasteiger partial charge in [-0.15, -0.1) is 0 Å². The van der Waals surface area contributed by atoms with Crippen molar-refractivity contribution in [3.63, 3.8) is 0 Å². The van der Waals surface area contributed by atoms with Crippen molar-refractivity contribution in [2.24, 2.45) is 0 Å². The smallest absolute Gasteiger partial charge is 0.321 e. The van der Waals surface area contributed by atoms with E-state index in [0.29, 0.717) is 11.3 Å². The predicted octanol–water partition coefficient (Wildman–Crippen LogP) is 0.514. The average Bonchev–Trinajstić information content (AvgIpc) is 2.25. The number of benzene rings is 1. The Kier molecular flexibility index (Phi) is 4.02. The molecule has 0 spiro atoms. The number of carboxylic acids is 1. The molecule has 0 fully saturated rings. The number of Topliss-reactive ketones (excluding diaryl/α,β-unsaturated/α-hetero) is 1. The zero-order valence-electron chi connectivity index (χ0n) is 8.93. The molecule has 4 N–H and O–H groups in total. The van der Waals surface area contributed by atoms with Gasteiger partial charge in [0, 0.05) is 17.7 Å². The van der Waals surface area contributed by atoms with E-state index in [9.17, 15) is 9.59 Å². The second-order valence-corrected chi connectivity index (χ2v) is 3.39. The van der Waals surface area contributed by atoms with E-state index in [1.165, 1.54) is 7.05 Å². The Labute approximate surface area is 93.3 Å². The minimum atomic E-state index is -1.05. The summed E-state index contributed by atoms with van der Waals surface area (Å²) in [5, 5.41) is 11.4. The van der Waals surface area contributed by atoms with Gasteiger partial charge in [-0.2, -0.15) is 0 Å². The van der Waals surface area contributed by atoms with Gasteiger partial charge in [-0.3, -0.25) is 9.59 Å². The molecule has 0 radical (unpaired) electrons. The summed E-state index contributed by atoms with van der Waals surface area (Å²) in [6.07, 6.45) is -0.111. The summed E-state index contributed by atoms with van der Waals surface area (Å²) in [4.78, 5) is 22.5. The molecule has 0 saturated heterocycles. The Hall–Kier alpha value is -1.88. The highest BCUT2D eigenvalue weighted by Gasteiger charge is 2.20. The molecule has 1 aromatic rings. The van der Waals surface area contributed by atoms with Crippen LogP contribution in [0.5, 0.6) is 0 Å². The summed E-state index contributed by atoms with van der Waals surface area (Å²) in [7, 11) is 1.50. The molecule has 0 unspecified atom stereocenters. The molecule has 5 nitrogen and oxygen atoms in total.